The van der Waals surface area contributed by atoms with Gasteiger partial charge in [-0.3, -0.25) is 0 Å². The lowest BCUT2D eigenvalue weighted by atomic mass is 9.43. The summed E-state index contributed by atoms with van der Waals surface area (Å²) < 4.78 is 0. The van der Waals surface area contributed by atoms with Crippen LogP contribution in [0.3, 0.4) is 0 Å². The number of hydrogen-bond acceptors (Lipinski definition) is 0. The fraction of sp³-hybridized carbons (Fsp3) is 0.526. The van der Waals surface area contributed by atoms with Crippen LogP contribution in [-0.2, 0) is 11.6 Å². The lowest BCUT2D eigenvalue weighted by Gasteiger charge is -2.62. The summed E-state index contributed by atoms with van der Waals surface area (Å²) in [7, 11) is -0.361. The average Bonchev–Trinajstić information content (AvgIpc) is 2.91. The number of benzene rings is 3. The van der Waals surface area contributed by atoms with Gasteiger partial charge in [-0.15, -0.1) is 9.24 Å². The molecule has 4 atom stereocenters. The van der Waals surface area contributed by atoms with E-state index in [9.17, 15) is 0 Å². The summed E-state index contributed by atoms with van der Waals surface area (Å²) in [5.41, 5.74) is 6.81. The van der Waals surface area contributed by atoms with Crippen molar-refractivity contribution in [2.75, 3.05) is 6.16 Å². The van der Waals surface area contributed by atoms with Crippen LogP contribution in [0.1, 0.15) is 54.4 Å². The van der Waals surface area contributed by atoms with Crippen molar-refractivity contribution in [3.05, 3.63) is 82.9 Å². The third-order valence-electron chi connectivity index (χ3n) is 11.3. The van der Waals surface area contributed by atoms with E-state index in [4.69, 9.17) is 0 Å². The van der Waals surface area contributed by atoms with Crippen molar-refractivity contribution in [2.24, 2.45) is 23.7 Å². The normalized spacial score (nSPS) is 27.2. The molecule has 0 N–H and O–H groups in total. The Kier molecular flexibility index (Phi) is 8.40. The van der Waals surface area contributed by atoms with E-state index >= 15 is 0 Å². The van der Waals surface area contributed by atoms with Gasteiger partial charge in [-0.1, -0.05) is 110 Å². The minimum absolute atomic E-state index is 0.372. The van der Waals surface area contributed by atoms with Crippen molar-refractivity contribution in [1.29, 1.82) is 0 Å². The molecule has 224 valence electrons. The average molecular weight is 629 g/mol. The van der Waals surface area contributed by atoms with E-state index in [1.807, 2.05) is 5.56 Å². The van der Waals surface area contributed by atoms with Gasteiger partial charge in [-0.25, -0.2) is 0 Å². The molecular formula is C38H54P2Si2. The Bertz CT molecular complexity index is 1400. The molecule has 0 nitrogen and oxygen atoms in total. The zero-order valence-electron chi connectivity index (χ0n) is 27.6. The van der Waals surface area contributed by atoms with Crippen LogP contribution in [0, 0.1) is 37.5 Å². The van der Waals surface area contributed by atoms with Crippen LogP contribution in [0.4, 0.5) is 0 Å². The van der Waals surface area contributed by atoms with Crippen LogP contribution >= 0.6 is 17.2 Å². The van der Waals surface area contributed by atoms with Crippen LogP contribution in [-0.4, -0.2) is 22.3 Å². The molecule has 4 bridgehead atoms. The lowest BCUT2D eigenvalue weighted by Crippen LogP contribution is -2.59. The molecular weight excluding hydrogens is 575 g/mol. The molecule has 4 unspecified atom stereocenters. The molecule has 0 spiro atoms. The highest BCUT2D eigenvalue weighted by Crippen LogP contribution is 2.64. The smallest absolute Gasteiger partial charge is 0.0774 e. The van der Waals surface area contributed by atoms with Gasteiger partial charge in [-0.2, -0.15) is 0 Å². The maximum absolute atomic E-state index is 3.24. The first kappa shape index (κ1) is 31.0. The maximum Gasteiger partial charge on any atom is 0.0774 e. The van der Waals surface area contributed by atoms with Crippen molar-refractivity contribution in [2.45, 2.75) is 96.8 Å². The third kappa shape index (κ3) is 5.51. The van der Waals surface area contributed by atoms with Crippen LogP contribution in [0.15, 0.2) is 60.7 Å². The molecule has 0 aliphatic heterocycles. The zero-order chi connectivity index (χ0) is 30.0. The highest BCUT2D eigenvalue weighted by molar-refractivity contribution is 7.72. The van der Waals surface area contributed by atoms with E-state index < -0.39 is 24.1 Å². The predicted molar refractivity (Wildman–Crippen MR) is 198 cm³/mol. The molecule has 42 heavy (non-hydrogen) atoms. The van der Waals surface area contributed by atoms with Gasteiger partial charge < -0.3 is 0 Å². The Morgan fingerprint density at radius 3 is 1.71 bits per heavy atom. The molecule has 0 amide bonds. The first-order valence-electron chi connectivity index (χ1n) is 16.6. The van der Waals surface area contributed by atoms with E-state index in [1.54, 1.807) is 26.5 Å². The van der Waals surface area contributed by atoms with E-state index in [0.29, 0.717) is 5.41 Å². The van der Waals surface area contributed by atoms with Crippen LogP contribution < -0.4 is 21.0 Å². The monoisotopic (exact) mass is 628 g/mol. The van der Waals surface area contributed by atoms with Gasteiger partial charge in [-0.05, 0) is 122 Å². The zero-order valence-corrected chi connectivity index (χ0v) is 31.6. The summed E-state index contributed by atoms with van der Waals surface area (Å²) in [4.78, 5) is 0. The van der Waals surface area contributed by atoms with E-state index in [2.05, 4.69) is 123 Å². The third-order valence-corrected chi connectivity index (χ3v) is 19.0. The van der Waals surface area contributed by atoms with Gasteiger partial charge >= 0.3 is 0 Å². The van der Waals surface area contributed by atoms with Gasteiger partial charge in [0, 0.05) is 6.16 Å². The minimum Gasteiger partial charge on any atom is -0.137 e. The fourth-order valence-electron chi connectivity index (χ4n) is 9.67. The SMILES string of the molecule is Cc1ccccc1P(Cc1cc([Si](C)(C)C)c([Si](C)(C)C)cc1C12CC3CC(CC(C3)C1CP)C2)c1ccccc1C. The Hall–Kier alpha value is -1.05. The van der Waals surface area contributed by atoms with Crippen molar-refractivity contribution in [3.63, 3.8) is 0 Å². The van der Waals surface area contributed by atoms with Crippen LogP contribution in [0.5, 0.6) is 0 Å². The Morgan fingerprint density at radius 2 is 1.24 bits per heavy atom. The van der Waals surface area contributed by atoms with Crippen molar-refractivity contribution in [3.8, 4) is 0 Å². The predicted octanol–water partition coefficient (Wildman–Crippen LogP) is 8.60. The number of aryl methyl sites for hydroxylation is 2. The molecule has 0 heterocycles. The summed E-state index contributed by atoms with van der Waals surface area (Å²) in [5, 5.41) is 6.70. The number of rotatable bonds is 8. The maximum atomic E-state index is 3.24. The van der Waals surface area contributed by atoms with Gasteiger partial charge in [0.15, 0.2) is 0 Å². The standard InChI is InChI=1S/C38H54P2Si2/c1-26-13-9-11-15-34(26)40(35-16-12-10-14-27(35)2)25-31-20-36(41(3,4)5)37(42(6,7)8)21-32(31)38-22-28-17-29(23-38)19-30(18-28)33(38)24-39/h9-16,20-21,28-30,33H,17-19,22-25,39H2,1-8H3. The topological polar surface area (TPSA) is 0 Å². The van der Waals surface area contributed by atoms with Crippen LogP contribution in [0.2, 0.25) is 39.3 Å². The quantitative estimate of drug-likeness (QED) is 0.173. The largest absolute Gasteiger partial charge is 0.137 e. The van der Waals surface area contributed by atoms with Gasteiger partial charge in [0.2, 0.25) is 0 Å². The van der Waals surface area contributed by atoms with Crippen LogP contribution in [0.25, 0.3) is 0 Å². The lowest BCUT2D eigenvalue weighted by molar-refractivity contribution is -0.0520. The summed E-state index contributed by atoms with van der Waals surface area (Å²) >= 11 is 0. The van der Waals surface area contributed by atoms with E-state index in [-0.39, 0.29) is 0 Å². The van der Waals surface area contributed by atoms with Gasteiger partial charge in [0.25, 0.3) is 0 Å². The van der Waals surface area contributed by atoms with Gasteiger partial charge in [0.1, 0.15) is 0 Å². The summed E-state index contributed by atoms with van der Waals surface area (Å²) in [6.07, 6.45) is 9.83. The molecule has 4 aliphatic rings. The van der Waals surface area contributed by atoms with Crippen molar-refractivity contribution in [1.82, 2.24) is 0 Å². The minimum atomic E-state index is -1.55. The Balaban J connectivity index is 1.61. The second-order valence-electron chi connectivity index (χ2n) is 16.3. The van der Waals surface area contributed by atoms with Gasteiger partial charge in [0.05, 0.1) is 16.1 Å². The summed E-state index contributed by atoms with van der Waals surface area (Å²) in [6, 6.07) is 24.3. The summed E-state index contributed by atoms with van der Waals surface area (Å²) in [5.74, 6) is 3.65. The second-order valence-corrected chi connectivity index (χ2v) is 29.0. The van der Waals surface area contributed by atoms with E-state index in [0.717, 1.165) is 23.7 Å². The molecule has 0 radical (unpaired) electrons. The summed E-state index contributed by atoms with van der Waals surface area (Å²) in [6.45, 7) is 20.3. The highest BCUT2D eigenvalue weighted by atomic mass is 31.1. The van der Waals surface area contributed by atoms with Crippen molar-refractivity contribution < 1.29 is 0 Å². The first-order valence-corrected chi connectivity index (χ1v) is 25.9. The molecule has 3 aromatic rings. The molecule has 4 fully saturated rings. The van der Waals surface area contributed by atoms with Crippen molar-refractivity contribution >= 4 is 54.3 Å². The van der Waals surface area contributed by atoms with E-state index in [1.165, 1.54) is 55.6 Å². The fourth-order valence-corrected chi connectivity index (χ4v) is 18.4. The number of hydrogen-bond donors (Lipinski definition) is 0. The molecule has 0 saturated heterocycles. The second kappa shape index (κ2) is 11.4. The molecule has 4 heteroatoms. The molecule has 4 saturated carbocycles. The molecule has 3 aromatic carbocycles. The Morgan fingerprint density at radius 1 is 0.738 bits per heavy atom. The molecule has 7 rings (SSSR count). The molecule has 0 aromatic heterocycles. The Labute approximate surface area is 262 Å². The highest BCUT2D eigenvalue weighted by Gasteiger charge is 2.57. The molecule has 4 aliphatic carbocycles. The first-order chi connectivity index (χ1) is 19.8.